The van der Waals surface area contributed by atoms with Gasteiger partial charge in [0.2, 0.25) is 0 Å². The average molecular weight is 336 g/mol. The Balaban J connectivity index is 1.70. The molecule has 0 fully saturated rings. The molecule has 0 aliphatic heterocycles. The fraction of sp³-hybridized carbons (Fsp3) is 0.0500. The Morgan fingerprint density at radius 2 is 1.79 bits per heavy atom. The molecule has 1 aromatic heterocycles. The van der Waals surface area contributed by atoms with Gasteiger partial charge < -0.3 is 10.2 Å². The van der Waals surface area contributed by atoms with Crippen molar-refractivity contribution in [2.75, 3.05) is 0 Å². The Bertz CT molecular complexity index is 879. The van der Waals surface area contributed by atoms with E-state index in [4.69, 9.17) is 0 Å². The minimum Gasteiger partial charge on any atom is -0.508 e. The smallest absolute Gasteiger partial charge is 0.189 e. The molecule has 0 aliphatic carbocycles. The van der Waals surface area contributed by atoms with Gasteiger partial charge in [-0.05, 0) is 42.0 Å². The van der Waals surface area contributed by atoms with Crippen LogP contribution in [0.4, 0.5) is 0 Å². The van der Waals surface area contributed by atoms with Gasteiger partial charge in [-0.25, -0.2) is 0 Å². The molecule has 2 aromatic carbocycles. The second kappa shape index (κ2) is 7.15. The van der Waals surface area contributed by atoms with Crippen LogP contribution in [0.15, 0.2) is 66.7 Å². The lowest BCUT2D eigenvalue weighted by molar-refractivity contribution is 0.104. The lowest BCUT2D eigenvalue weighted by atomic mass is 10.1. The summed E-state index contributed by atoms with van der Waals surface area (Å²) in [7, 11) is 0. The molecule has 0 saturated heterocycles. The molecule has 3 aromatic rings. The molecule has 3 nitrogen and oxygen atoms in total. The van der Waals surface area contributed by atoms with Crippen LogP contribution in [0, 0.1) is 0 Å². The van der Waals surface area contributed by atoms with Crippen LogP contribution < -0.4 is 0 Å². The van der Waals surface area contributed by atoms with Crippen LogP contribution in [0.1, 0.15) is 25.7 Å². The van der Waals surface area contributed by atoms with Gasteiger partial charge in [0.15, 0.2) is 5.78 Å². The summed E-state index contributed by atoms with van der Waals surface area (Å²) in [6.45, 7) is 0. The number of carbonyl (C=O) groups excluding carboxylic acids is 1. The molecule has 0 aliphatic rings. The van der Waals surface area contributed by atoms with Gasteiger partial charge in [0, 0.05) is 22.2 Å². The zero-order chi connectivity index (χ0) is 16.9. The number of aromatic hydroxyl groups is 2. The summed E-state index contributed by atoms with van der Waals surface area (Å²) in [6.07, 6.45) is 4.05. The van der Waals surface area contributed by atoms with Crippen molar-refractivity contribution in [1.82, 2.24) is 0 Å². The lowest BCUT2D eigenvalue weighted by Crippen LogP contribution is -1.94. The van der Waals surface area contributed by atoms with E-state index in [1.807, 2.05) is 24.3 Å². The Hall–Kier alpha value is -2.85. The molecule has 120 valence electrons. The summed E-state index contributed by atoms with van der Waals surface area (Å²) in [5, 5.41) is 19.0. The van der Waals surface area contributed by atoms with Crippen LogP contribution in [-0.2, 0) is 6.42 Å². The first-order valence-electron chi connectivity index (χ1n) is 7.49. The van der Waals surface area contributed by atoms with E-state index in [1.54, 1.807) is 17.4 Å². The third-order valence-electron chi connectivity index (χ3n) is 3.55. The largest absolute Gasteiger partial charge is 0.508 e. The van der Waals surface area contributed by atoms with Crippen molar-refractivity contribution >= 4 is 23.2 Å². The lowest BCUT2D eigenvalue weighted by Gasteiger charge is -2.00. The number of allylic oxidation sites excluding steroid dienone is 1. The Morgan fingerprint density at radius 3 is 2.54 bits per heavy atom. The van der Waals surface area contributed by atoms with Crippen molar-refractivity contribution in [2.24, 2.45) is 0 Å². The number of carbonyl (C=O) groups is 1. The van der Waals surface area contributed by atoms with Crippen LogP contribution in [0.25, 0.3) is 6.08 Å². The molecular weight excluding hydrogens is 320 g/mol. The van der Waals surface area contributed by atoms with Gasteiger partial charge in [0.25, 0.3) is 0 Å². The molecule has 4 heteroatoms. The number of ketones is 1. The molecule has 1 heterocycles. The van der Waals surface area contributed by atoms with Crippen LogP contribution in [0.3, 0.4) is 0 Å². The molecule has 0 atom stereocenters. The topological polar surface area (TPSA) is 57.5 Å². The average Bonchev–Trinajstić information content (AvgIpc) is 3.01. The van der Waals surface area contributed by atoms with Crippen molar-refractivity contribution in [3.05, 3.63) is 87.6 Å². The maximum Gasteiger partial charge on any atom is 0.189 e. The molecule has 2 N–H and O–H groups in total. The minimum absolute atomic E-state index is 0.0724. The summed E-state index contributed by atoms with van der Waals surface area (Å²) in [5.41, 5.74) is 1.42. The molecule has 0 unspecified atom stereocenters. The summed E-state index contributed by atoms with van der Waals surface area (Å²) in [6, 6.07) is 18.2. The predicted molar refractivity (Wildman–Crippen MR) is 96.7 cm³/mol. The van der Waals surface area contributed by atoms with Crippen molar-refractivity contribution in [3.8, 4) is 11.5 Å². The second-order valence-electron chi connectivity index (χ2n) is 5.37. The highest BCUT2D eigenvalue weighted by atomic mass is 32.1. The number of hydrogen-bond donors (Lipinski definition) is 2. The molecular formula is C20H16O3S. The second-order valence-corrected chi connectivity index (χ2v) is 6.57. The zero-order valence-electron chi connectivity index (χ0n) is 12.8. The van der Waals surface area contributed by atoms with Crippen molar-refractivity contribution in [1.29, 1.82) is 0 Å². The molecule has 3 rings (SSSR count). The Morgan fingerprint density at radius 1 is 1.00 bits per heavy atom. The molecule has 0 saturated carbocycles. The summed E-state index contributed by atoms with van der Waals surface area (Å²) in [4.78, 5) is 14.3. The zero-order valence-corrected chi connectivity index (χ0v) is 13.7. The summed E-state index contributed by atoms with van der Waals surface area (Å²) in [5.74, 6) is -0.594. The van der Waals surface area contributed by atoms with Gasteiger partial charge in [-0.3, -0.25) is 4.79 Å². The van der Waals surface area contributed by atoms with E-state index in [2.05, 4.69) is 18.2 Å². The van der Waals surface area contributed by atoms with Crippen molar-refractivity contribution < 1.29 is 15.0 Å². The highest BCUT2D eigenvalue weighted by molar-refractivity contribution is 7.12. The predicted octanol–water partition coefficient (Wildman–Crippen LogP) is 4.65. The van der Waals surface area contributed by atoms with E-state index < -0.39 is 0 Å². The van der Waals surface area contributed by atoms with Crippen LogP contribution in [-0.4, -0.2) is 16.0 Å². The van der Waals surface area contributed by atoms with E-state index in [0.717, 1.165) is 17.4 Å². The minimum atomic E-state index is -0.300. The fourth-order valence-electron chi connectivity index (χ4n) is 2.35. The van der Waals surface area contributed by atoms with Gasteiger partial charge >= 0.3 is 0 Å². The first kappa shape index (κ1) is 16.0. The van der Waals surface area contributed by atoms with E-state index >= 15 is 0 Å². The third kappa shape index (κ3) is 3.91. The highest BCUT2D eigenvalue weighted by Crippen LogP contribution is 2.24. The number of phenolic OH excluding ortho intramolecular Hbond substituents is 2. The maximum absolute atomic E-state index is 12.1. The maximum atomic E-state index is 12.1. The molecule has 0 amide bonds. The van der Waals surface area contributed by atoms with E-state index in [-0.39, 0.29) is 22.8 Å². The SMILES string of the molecule is O=C(/C=C/c1ccc(Cc2ccccc2)s1)c1ccc(O)cc1O. The normalized spacial score (nSPS) is 11.0. The van der Waals surface area contributed by atoms with Gasteiger partial charge in [-0.2, -0.15) is 0 Å². The van der Waals surface area contributed by atoms with Crippen LogP contribution in [0.2, 0.25) is 0 Å². The molecule has 24 heavy (non-hydrogen) atoms. The molecule has 0 spiro atoms. The highest BCUT2D eigenvalue weighted by Gasteiger charge is 2.09. The number of hydrogen-bond acceptors (Lipinski definition) is 4. The third-order valence-corrected chi connectivity index (χ3v) is 4.60. The number of thiophene rings is 1. The van der Waals surface area contributed by atoms with Crippen molar-refractivity contribution in [2.45, 2.75) is 6.42 Å². The Kier molecular flexibility index (Phi) is 4.77. The number of benzene rings is 2. The van der Waals surface area contributed by atoms with Gasteiger partial charge in [-0.1, -0.05) is 30.3 Å². The Labute approximate surface area is 144 Å². The van der Waals surface area contributed by atoms with E-state index in [1.165, 1.54) is 28.6 Å². The van der Waals surface area contributed by atoms with Crippen molar-refractivity contribution in [3.63, 3.8) is 0 Å². The molecule has 0 bridgehead atoms. The monoisotopic (exact) mass is 336 g/mol. The van der Waals surface area contributed by atoms with Gasteiger partial charge in [0.1, 0.15) is 11.5 Å². The van der Waals surface area contributed by atoms with Gasteiger partial charge in [0.05, 0.1) is 5.56 Å². The first-order chi connectivity index (χ1) is 11.6. The van der Waals surface area contributed by atoms with Gasteiger partial charge in [-0.15, -0.1) is 11.3 Å². The fourth-order valence-corrected chi connectivity index (χ4v) is 3.30. The quantitative estimate of drug-likeness (QED) is 0.527. The number of phenols is 2. The van der Waals surface area contributed by atoms with Crippen LogP contribution >= 0.6 is 11.3 Å². The standard InChI is InChI=1S/C20H16O3S/c21-15-6-10-18(20(23)13-15)19(22)11-9-16-7-8-17(24-16)12-14-4-2-1-3-5-14/h1-11,13,21,23H,12H2/b11-9+. The molecule has 0 radical (unpaired) electrons. The van der Waals surface area contributed by atoms with E-state index in [9.17, 15) is 15.0 Å². The summed E-state index contributed by atoms with van der Waals surface area (Å²) < 4.78 is 0. The number of rotatable bonds is 5. The summed E-state index contributed by atoms with van der Waals surface area (Å²) >= 11 is 1.63. The first-order valence-corrected chi connectivity index (χ1v) is 8.30. The van der Waals surface area contributed by atoms with E-state index in [0.29, 0.717) is 0 Å². The van der Waals surface area contributed by atoms with Crippen LogP contribution in [0.5, 0.6) is 11.5 Å².